The van der Waals surface area contributed by atoms with E-state index in [1.54, 1.807) is 12.1 Å². The summed E-state index contributed by atoms with van der Waals surface area (Å²) >= 11 is 0. The normalized spacial score (nSPS) is 11.3. The molecule has 18 heavy (non-hydrogen) atoms. The van der Waals surface area contributed by atoms with E-state index in [-0.39, 0.29) is 0 Å². The highest BCUT2D eigenvalue weighted by atomic mass is 19.3. The Labute approximate surface area is 103 Å². The number of fused-ring (bicyclic) bond motifs is 1. The van der Waals surface area contributed by atoms with Gasteiger partial charge in [0.25, 0.3) is 0 Å². The van der Waals surface area contributed by atoms with E-state index in [1.807, 2.05) is 42.5 Å². The summed E-state index contributed by atoms with van der Waals surface area (Å²) in [6.07, 6.45) is 1.42. The van der Waals surface area contributed by atoms with Gasteiger partial charge in [-0.15, -0.1) is 0 Å². The predicted octanol–water partition coefficient (Wildman–Crippen LogP) is 4.70. The van der Waals surface area contributed by atoms with Crippen LogP contribution < -0.4 is 0 Å². The second kappa shape index (κ2) is 4.26. The van der Waals surface area contributed by atoms with Crippen molar-refractivity contribution >= 4 is 10.9 Å². The average Bonchev–Trinajstić information content (AvgIpc) is 2.82. The van der Waals surface area contributed by atoms with Crippen molar-refractivity contribution in [3.8, 4) is 11.1 Å². The number of aromatic nitrogens is 1. The van der Waals surface area contributed by atoms with Gasteiger partial charge in [0, 0.05) is 11.6 Å². The molecule has 90 valence electrons. The van der Waals surface area contributed by atoms with Crippen LogP contribution in [0.3, 0.4) is 0 Å². The summed E-state index contributed by atoms with van der Waals surface area (Å²) in [5.74, 6) is 0. The van der Waals surface area contributed by atoms with Gasteiger partial charge in [0.1, 0.15) is 0 Å². The molecular weight excluding hydrogens is 232 g/mol. The SMILES string of the molecule is FC(F)n1ccc2cc(-c3ccccc3)ccc21. The Morgan fingerprint density at radius 1 is 0.833 bits per heavy atom. The van der Waals surface area contributed by atoms with Crippen LogP contribution in [0.1, 0.15) is 6.55 Å². The van der Waals surface area contributed by atoms with E-state index < -0.39 is 6.55 Å². The highest BCUT2D eigenvalue weighted by Crippen LogP contribution is 2.27. The van der Waals surface area contributed by atoms with Crippen LogP contribution in [-0.2, 0) is 0 Å². The van der Waals surface area contributed by atoms with E-state index >= 15 is 0 Å². The van der Waals surface area contributed by atoms with Crippen LogP contribution in [-0.4, -0.2) is 4.57 Å². The maximum absolute atomic E-state index is 12.7. The van der Waals surface area contributed by atoms with Gasteiger partial charge in [-0.05, 0) is 29.3 Å². The van der Waals surface area contributed by atoms with Crippen molar-refractivity contribution in [3.05, 3.63) is 60.8 Å². The average molecular weight is 243 g/mol. The first-order valence-electron chi connectivity index (χ1n) is 5.70. The summed E-state index contributed by atoms with van der Waals surface area (Å²) in [6, 6.07) is 17.2. The lowest BCUT2D eigenvalue weighted by molar-refractivity contribution is 0.0752. The molecule has 0 aliphatic carbocycles. The van der Waals surface area contributed by atoms with Crippen LogP contribution in [0.5, 0.6) is 0 Å². The van der Waals surface area contributed by atoms with Crippen LogP contribution in [0, 0.1) is 0 Å². The summed E-state index contributed by atoms with van der Waals surface area (Å²) in [7, 11) is 0. The molecule has 0 N–H and O–H groups in total. The maximum atomic E-state index is 12.7. The monoisotopic (exact) mass is 243 g/mol. The molecule has 0 aliphatic rings. The first kappa shape index (κ1) is 11.0. The molecular formula is C15H11F2N. The molecule has 0 bridgehead atoms. The van der Waals surface area contributed by atoms with Crippen LogP contribution in [0.4, 0.5) is 8.78 Å². The second-order valence-electron chi connectivity index (χ2n) is 4.14. The van der Waals surface area contributed by atoms with Crippen molar-refractivity contribution < 1.29 is 8.78 Å². The first-order chi connectivity index (χ1) is 8.75. The molecule has 0 radical (unpaired) electrons. The second-order valence-corrected chi connectivity index (χ2v) is 4.14. The maximum Gasteiger partial charge on any atom is 0.319 e. The van der Waals surface area contributed by atoms with Gasteiger partial charge < -0.3 is 0 Å². The zero-order valence-corrected chi connectivity index (χ0v) is 9.55. The Hall–Kier alpha value is -2.16. The molecule has 0 unspecified atom stereocenters. The van der Waals surface area contributed by atoms with Gasteiger partial charge in [0.15, 0.2) is 0 Å². The van der Waals surface area contributed by atoms with Crippen molar-refractivity contribution in [1.82, 2.24) is 4.57 Å². The topological polar surface area (TPSA) is 4.93 Å². The summed E-state index contributed by atoms with van der Waals surface area (Å²) in [5.41, 5.74) is 2.68. The third-order valence-corrected chi connectivity index (χ3v) is 3.04. The van der Waals surface area contributed by atoms with Gasteiger partial charge in [0.2, 0.25) is 0 Å². The Balaban J connectivity index is 2.13. The Morgan fingerprint density at radius 2 is 1.61 bits per heavy atom. The lowest BCUT2D eigenvalue weighted by atomic mass is 10.0. The van der Waals surface area contributed by atoms with Crippen molar-refractivity contribution in [1.29, 1.82) is 0 Å². The molecule has 2 aromatic carbocycles. The molecule has 0 amide bonds. The third-order valence-electron chi connectivity index (χ3n) is 3.04. The summed E-state index contributed by atoms with van der Waals surface area (Å²) in [5, 5.41) is 0.830. The molecule has 3 heteroatoms. The zero-order chi connectivity index (χ0) is 12.5. The fraction of sp³-hybridized carbons (Fsp3) is 0.0667. The van der Waals surface area contributed by atoms with Crippen molar-refractivity contribution in [2.75, 3.05) is 0 Å². The largest absolute Gasteiger partial charge is 0.319 e. The Kier molecular flexibility index (Phi) is 2.59. The number of hydrogen-bond donors (Lipinski definition) is 0. The number of halogens is 2. The fourth-order valence-corrected chi connectivity index (χ4v) is 2.14. The van der Waals surface area contributed by atoms with Crippen LogP contribution in [0.25, 0.3) is 22.0 Å². The van der Waals surface area contributed by atoms with Crippen LogP contribution >= 0.6 is 0 Å². The molecule has 0 saturated heterocycles. The van der Waals surface area contributed by atoms with E-state index in [0.29, 0.717) is 5.52 Å². The van der Waals surface area contributed by atoms with Gasteiger partial charge in [0.05, 0.1) is 5.52 Å². The molecule has 0 saturated carbocycles. The molecule has 3 rings (SSSR count). The van der Waals surface area contributed by atoms with E-state index in [1.165, 1.54) is 6.20 Å². The number of benzene rings is 2. The van der Waals surface area contributed by atoms with Gasteiger partial charge in [-0.25, -0.2) is 0 Å². The minimum atomic E-state index is -2.50. The van der Waals surface area contributed by atoms with Gasteiger partial charge in [-0.3, -0.25) is 4.57 Å². The predicted molar refractivity (Wildman–Crippen MR) is 68.6 cm³/mol. The Morgan fingerprint density at radius 3 is 2.33 bits per heavy atom. The number of nitrogens with zero attached hydrogens (tertiary/aromatic N) is 1. The van der Waals surface area contributed by atoms with E-state index in [4.69, 9.17) is 0 Å². The highest BCUT2D eigenvalue weighted by Gasteiger charge is 2.09. The zero-order valence-electron chi connectivity index (χ0n) is 9.55. The molecule has 0 aliphatic heterocycles. The number of rotatable bonds is 2. The minimum Gasteiger partial charge on any atom is -0.291 e. The molecule has 1 heterocycles. The summed E-state index contributed by atoms with van der Waals surface area (Å²) < 4.78 is 26.4. The van der Waals surface area contributed by atoms with E-state index in [2.05, 4.69) is 0 Å². The van der Waals surface area contributed by atoms with E-state index in [0.717, 1.165) is 21.1 Å². The van der Waals surface area contributed by atoms with Crippen molar-refractivity contribution in [2.45, 2.75) is 6.55 Å². The molecule has 1 nitrogen and oxygen atoms in total. The number of alkyl halides is 2. The standard InChI is InChI=1S/C15H11F2N/c16-15(17)18-9-8-13-10-12(6-7-14(13)18)11-4-2-1-3-5-11/h1-10,15H. The smallest absolute Gasteiger partial charge is 0.291 e. The van der Waals surface area contributed by atoms with Crippen LogP contribution in [0.15, 0.2) is 60.8 Å². The number of hydrogen-bond acceptors (Lipinski definition) is 0. The molecule has 0 fully saturated rings. The van der Waals surface area contributed by atoms with Crippen molar-refractivity contribution in [2.24, 2.45) is 0 Å². The van der Waals surface area contributed by atoms with Crippen molar-refractivity contribution in [3.63, 3.8) is 0 Å². The molecule has 3 aromatic rings. The molecule has 0 spiro atoms. The quantitative estimate of drug-likeness (QED) is 0.614. The summed E-state index contributed by atoms with van der Waals surface area (Å²) in [6.45, 7) is -2.50. The van der Waals surface area contributed by atoms with Gasteiger partial charge >= 0.3 is 6.55 Å². The summed E-state index contributed by atoms with van der Waals surface area (Å²) in [4.78, 5) is 0. The first-order valence-corrected chi connectivity index (χ1v) is 5.70. The fourth-order valence-electron chi connectivity index (χ4n) is 2.14. The van der Waals surface area contributed by atoms with Gasteiger partial charge in [-0.1, -0.05) is 36.4 Å². The third kappa shape index (κ3) is 1.78. The Bertz CT molecular complexity index is 671. The van der Waals surface area contributed by atoms with E-state index in [9.17, 15) is 8.78 Å². The molecule has 0 atom stereocenters. The lowest BCUT2D eigenvalue weighted by Gasteiger charge is -2.05. The molecule has 1 aromatic heterocycles. The van der Waals surface area contributed by atoms with Crippen LogP contribution in [0.2, 0.25) is 0 Å². The highest BCUT2D eigenvalue weighted by molar-refractivity contribution is 5.85. The lowest BCUT2D eigenvalue weighted by Crippen LogP contribution is -1.94. The minimum absolute atomic E-state index is 0.560. The van der Waals surface area contributed by atoms with Gasteiger partial charge in [-0.2, -0.15) is 8.78 Å².